The highest BCUT2D eigenvalue weighted by molar-refractivity contribution is 9.09. The highest BCUT2D eigenvalue weighted by Crippen LogP contribution is 2.51. The van der Waals surface area contributed by atoms with Crippen molar-refractivity contribution in [1.29, 1.82) is 0 Å². The van der Waals surface area contributed by atoms with Crippen LogP contribution in [0.1, 0.15) is 35.4 Å². The molecule has 1 aromatic rings. The molecule has 0 bridgehead atoms. The largest absolute Gasteiger partial charge is 0.401 e. The molecule has 0 saturated heterocycles. The van der Waals surface area contributed by atoms with Crippen LogP contribution >= 0.6 is 27.3 Å². The molecule has 0 fully saturated rings. The van der Waals surface area contributed by atoms with Crippen LogP contribution in [0.25, 0.3) is 0 Å². The molecule has 0 N–H and O–H groups in total. The SMILES string of the molecule is CC(C)(C)c1ccc(C(Br)C(C(F)(F)F)C(F)(F)F)s1. The Bertz CT molecular complexity index is 440. The average Bonchev–Trinajstić information content (AvgIpc) is 2.59. The van der Waals surface area contributed by atoms with E-state index in [0.29, 0.717) is 0 Å². The summed E-state index contributed by atoms with van der Waals surface area (Å²) in [6, 6.07) is 2.88. The molecular weight excluding hydrogens is 370 g/mol. The van der Waals surface area contributed by atoms with Crippen LogP contribution in [0.3, 0.4) is 0 Å². The monoisotopic (exact) mass is 382 g/mol. The minimum Gasteiger partial charge on any atom is -0.170 e. The molecule has 1 aromatic heterocycles. The molecule has 0 aliphatic heterocycles. The van der Waals surface area contributed by atoms with E-state index in [9.17, 15) is 26.3 Å². The molecule has 1 unspecified atom stereocenters. The quantitative estimate of drug-likeness (QED) is 0.420. The van der Waals surface area contributed by atoms with Gasteiger partial charge in [0.25, 0.3) is 0 Å². The third kappa shape index (κ3) is 4.13. The zero-order valence-corrected chi connectivity index (χ0v) is 13.3. The molecule has 1 rings (SSSR count). The summed E-state index contributed by atoms with van der Waals surface area (Å²) < 4.78 is 75.9. The van der Waals surface area contributed by atoms with Crippen molar-refractivity contribution < 1.29 is 26.3 Å². The fourth-order valence-electron chi connectivity index (χ4n) is 1.59. The van der Waals surface area contributed by atoms with E-state index in [0.717, 1.165) is 16.2 Å². The molecule has 116 valence electrons. The molecule has 0 saturated carbocycles. The third-order valence-corrected chi connectivity index (χ3v) is 5.55. The van der Waals surface area contributed by atoms with Crippen LogP contribution in [0.4, 0.5) is 26.3 Å². The van der Waals surface area contributed by atoms with E-state index < -0.39 is 23.1 Å². The molecular formula is C12H13BrF6S. The minimum atomic E-state index is -5.35. The number of rotatable bonds is 2. The first-order valence-corrected chi connectivity index (χ1v) is 7.35. The van der Waals surface area contributed by atoms with Crippen LogP contribution in [0.5, 0.6) is 0 Å². The maximum Gasteiger partial charge on any atom is 0.401 e. The van der Waals surface area contributed by atoms with E-state index in [4.69, 9.17) is 0 Å². The lowest BCUT2D eigenvalue weighted by Gasteiger charge is -2.26. The maximum absolute atomic E-state index is 12.6. The third-order valence-electron chi connectivity index (χ3n) is 2.64. The highest BCUT2D eigenvalue weighted by Gasteiger charge is 2.60. The van der Waals surface area contributed by atoms with Crippen LogP contribution in [-0.2, 0) is 5.41 Å². The predicted molar refractivity (Wildman–Crippen MR) is 70.3 cm³/mol. The van der Waals surface area contributed by atoms with Crippen molar-refractivity contribution in [2.75, 3.05) is 0 Å². The Balaban J connectivity index is 3.14. The average molecular weight is 383 g/mol. The second-order valence-corrected chi connectivity index (χ2v) is 7.52. The van der Waals surface area contributed by atoms with Crippen molar-refractivity contribution in [3.8, 4) is 0 Å². The van der Waals surface area contributed by atoms with Crippen molar-refractivity contribution >= 4 is 27.3 Å². The van der Waals surface area contributed by atoms with Crippen molar-refractivity contribution in [3.63, 3.8) is 0 Å². The summed E-state index contributed by atoms with van der Waals surface area (Å²) in [5.41, 5.74) is -0.318. The molecule has 20 heavy (non-hydrogen) atoms. The van der Waals surface area contributed by atoms with Gasteiger partial charge in [-0.1, -0.05) is 36.7 Å². The molecule has 8 heteroatoms. The first-order chi connectivity index (χ1) is 8.74. The smallest absolute Gasteiger partial charge is 0.170 e. The molecule has 0 aromatic carbocycles. The van der Waals surface area contributed by atoms with Gasteiger partial charge in [0.1, 0.15) is 0 Å². The van der Waals surface area contributed by atoms with Gasteiger partial charge < -0.3 is 0 Å². The number of thiophene rings is 1. The van der Waals surface area contributed by atoms with Gasteiger partial charge in [0, 0.05) is 9.75 Å². The number of alkyl halides is 7. The molecule has 0 radical (unpaired) electrons. The van der Waals surface area contributed by atoms with Gasteiger partial charge in [-0.25, -0.2) is 0 Å². The van der Waals surface area contributed by atoms with Gasteiger partial charge in [-0.05, 0) is 17.5 Å². The standard InChI is InChI=1S/C12H13BrF6S/c1-10(2,3)7-5-4-6(20-7)8(13)9(11(14,15)16)12(17,18)19/h4-5,8-9H,1-3H3. The molecule has 0 spiro atoms. The van der Waals surface area contributed by atoms with Crippen LogP contribution in [-0.4, -0.2) is 12.4 Å². The summed E-state index contributed by atoms with van der Waals surface area (Å²) in [6.07, 6.45) is -10.7. The lowest BCUT2D eigenvalue weighted by atomic mass is 9.95. The topological polar surface area (TPSA) is 0 Å². The van der Waals surface area contributed by atoms with Gasteiger partial charge in [0.2, 0.25) is 0 Å². The summed E-state index contributed by atoms with van der Waals surface area (Å²) >= 11 is 3.54. The summed E-state index contributed by atoms with van der Waals surface area (Å²) in [6.45, 7) is 5.53. The first-order valence-electron chi connectivity index (χ1n) is 5.62. The number of halogens is 7. The Morgan fingerprint density at radius 3 is 1.70 bits per heavy atom. The Labute approximate surface area is 125 Å². The number of hydrogen-bond donors (Lipinski definition) is 0. The molecule has 0 aliphatic rings. The van der Waals surface area contributed by atoms with Gasteiger partial charge >= 0.3 is 12.4 Å². The van der Waals surface area contributed by atoms with E-state index in [1.807, 2.05) is 20.8 Å². The summed E-state index contributed by atoms with van der Waals surface area (Å²) in [5, 5.41) is 0. The van der Waals surface area contributed by atoms with E-state index >= 15 is 0 Å². The second kappa shape index (κ2) is 5.51. The zero-order chi connectivity index (χ0) is 15.9. The Morgan fingerprint density at radius 2 is 1.40 bits per heavy atom. The Kier molecular flexibility index (Phi) is 4.91. The zero-order valence-electron chi connectivity index (χ0n) is 10.9. The molecule has 1 atom stereocenters. The molecule has 1 heterocycles. The number of hydrogen-bond acceptors (Lipinski definition) is 1. The summed E-state index contributed by atoms with van der Waals surface area (Å²) in [4.78, 5) is -1.07. The first kappa shape index (κ1) is 17.8. The van der Waals surface area contributed by atoms with Crippen LogP contribution in [0.2, 0.25) is 0 Å². The lowest BCUT2D eigenvalue weighted by Crippen LogP contribution is -2.39. The van der Waals surface area contributed by atoms with Crippen molar-refractivity contribution in [3.05, 3.63) is 21.9 Å². The molecule has 0 nitrogen and oxygen atoms in total. The Morgan fingerprint density at radius 1 is 0.950 bits per heavy atom. The van der Waals surface area contributed by atoms with E-state index in [1.165, 1.54) is 6.07 Å². The second-order valence-electron chi connectivity index (χ2n) is 5.41. The Hall–Kier alpha value is -0.240. The van der Waals surface area contributed by atoms with E-state index in [2.05, 4.69) is 15.9 Å². The summed E-state index contributed by atoms with van der Waals surface area (Å²) in [7, 11) is 0. The van der Waals surface area contributed by atoms with Gasteiger partial charge in [-0.3, -0.25) is 0 Å². The van der Waals surface area contributed by atoms with Gasteiger partial charge in [-0.2, -0.15) is 26.3 Å². The normalized spacial score (nSPS) is 15.8. The minimum absolute atomic E-state index is 0.0228. The van der Waals surface area contributed by atoms with E-state index in [-0.39, 0.29) is 10.3 Å². The van der Waals surface area contributed by atoms with Crippen molar-refractivity contribution in [2.24, 2.45) is 5.92 Å². The van der Waals surface area contributed by atoms with Crippen molar-refractivity contribution in [2.45, 2.75) is 43.4 Å². The maximum atomic E-state index is 12.6. The van der Waals surface area contributed by atoms with Crippen LogP contribution in [0, 0.1) is 5.92 Å². The lowest BCUT2D eigenvalue weighted by molar-refractivity contribution is -0.283. The molecule has 0 aliphatic carbocycles. The van der Waals surface area contributed by atoms with Crippen LogP contribution in [0.15, 0.2) is 12.1 Å². The highest BCUT2D eigenvalue weighted by atomic mass is 79.9. The van der Waals surface area contributed by atoms with Gasteiger partial charge in [0.15, 0.2) is 5.92 Å². The van der Waals surface area contributed by atoms with Crippen molar-refractivity contribution in [1.82, 2.24) is 0 Å². The van der Waals surface area contributed by atoms with Gasteiger partial charge in [0.05, 0.1) is 4.83 Å². The fraction of sp³-hybridized carbons (Fsp3) is 0.667. The fourth-order valence-corrected chi connectivity index (χ4v) is 3.70. The molecule has 0 amide bonds. The van der Waals surface area contributed by atoms with Gasteiger partial charge in [-0.15, -0.1) is 11.3 Å². The van der Waals surface area contributed by atoms with E-state index in [1.54, 1.807) is 6.07 Å². The predicted octanol–water partition coefficient (Wildman–Crippen LogP) is 6.22. The van der Waals surface area contributed by atoms with Crippen LogP contribution < -0.4 is 0 Å². The summed E-state index contributed by atoms with van der Waals surface area (Å²) in [5.74, 6) is -3.42.